The minimum absolute atomic E-state index is 0. The van der Waals surface area contributed by atoms with Crippen molar-refractivity contribution in [3.63, 3.8) is 0 Å². The first-order valence-corrected chi connectivity index (χ1v) is 16.6. The number of rotatable bonds is 6. The summed E-state index contributed by atoms with van der Waals surface area (Å²) >= 11 is 0. The Hall–Kier alpha value is -6.45. The van der Waals surface area contributed by atoms with Crippen LogP contribution in [0, 0.1) is 0 Å². The molecule has 1 aliphatic rings. The van der Waals surface area contributed by atoms with Crippen LogP contribution in [0.25, 0.3) is 78.7 Å². The molecular formula is C47H35N3. The van der Waals surface area contributed by atoms with Crippen molar-refractivity contribution in [2.75, 3.05) is 0 Å². The molecule has 1 aromatic heterocycles. The maximum absolute atomic E-state index is 5.09. The number of aromatic nitrogens is 3. The first-order chi connectivity index (χ1) is 24.2. The fourth-order valence-electron chi connectivity index (χ4n) is 6.84. The summed E-state index contributed by atoms with van der Waals surface area (Å²) in [7, 11) is 0. The van der Waals surface area contributed by atoms with Crippen LogP contribution in [-0.2, 0) is 6.42 Å². The molecular weight excluding hydrogens is 607 g/mol. The van der Waals surface area contributed by atoms with Crippen LogP contribution < -0.4 is 0 Å². The fraction of sp³-hybridized carbons (Fsp3) is 0.0426. The van der Waals surface area contributed by atoms with Crippen LogP contribution in [0.4, 0.5) is 0 Å². The number of fused-ring (bicyclic) bond motifs is 3. The van der Waals surface area contributed by atoms with Gasteiger partial charge in [0.1, 0.15) is 0 Å². The summed E-state index contributed by atoms with van der Waals surface area (Å²) < 4.78 is 0. The van der Waals surface area contributed by atoms with Crippen molar-refractivity contribution in [2.24, 2.45) is 0 Å². The molecule has 0 N–H and O–H groups in total. The van der Waals surface area contributed by atoms with E-state index >= 15 is 0 Å². The van der Waals surface area contributed by atoms with Gasteiger partial charge in [-0.3, -0.25) is 0 Å². The Bertz CT molecular complexity index is 2380. The molecule has 3 nitrogen and oxygen atoms in total. The molecule has 50 heavy (non-hydrogen) atoms. The molecule has 1 aliphatic carbocycles. The topological polar surface area (TPSA) is 38.7 Å². The van der Waals surface area contributed by atoms with Crippen molar-refractivity contribution < 1.29 is 0 Å². The first-order valence-electron chi connectivity index (χ1n) is 16.6. The lowest BCUT2D eigenvalue weighted by Crippen LogP contribution is -2.00. The van der Waals surface area contributed by atoms with Gasteiger partial charge < -0.3 is 0 Å². The second-order valence-corrected chi connectivity index (χ2v) is 12.5. The van der Waals surface area contributed by atoms with Crippen molar-refractivity contribution in [1.82, 2.24) is 15.0 Å². The van der Waals surface area contributed by atoms with Gasteiger partial charge in [-0.2, -0.15) is 0 Å². The predicted octanol–water partition coefficient (Wildman–Crippen LogP) is 12.1. The molecule has 7 aromatic carbocycles. The summed E-state index contributed by atoms with van der Waals surface area (Å²) in [6, 6.07) is 62.0. The normalized spacial score (nSPS) is 11.4. The molecule has 0 radical (unpaired) electrons. The molecule has 0 fully saturated rings. The third-order valence-electron chi connectivity index (χ3n) is 9.34. The van der Waals surface area contributed by atoms with E-state index < -0.39 is 0 Å². The summed E-state index contributed by atoms with van der Waals surface area (Å²) in [5.41, 5.74) is 15.2. The summed E-state index contributed by atoms with van der Waals surface area (Å²) in [4.78, 5) is 15.1. The molecule has 0 unspecified atom stereocenters. The number of hydrogen-bond donors (Lipinski definition) is 0. The minimum atomic E-state index is 0. The average molecular weight is 642 g/mol. The number of hydrogen-bond acceptors (Lipinski definition) is 3. The van der Waals surface area contributed by atoms with Gasteiger partial charge in [0, 0.05) is 16.7 Å². The van der Waals surface area contributed by atoms with Gasteiger partial charge in [-0.05, 0) is 80.3 Å². The van der Waals surface area contributed by atoms with Gasteiger partial charge >= 0.3 is 0 Å². The molecule has 238 valence electrons. The van der Waals surface area contributed by atoms with Gasteiger partial charge in [0.15, 0.2) is 17.5 Å². The summed E-state index contributed by atoms with van der Waals surface area (Å²) in [5, 5.41) is 0. The van der Waals surface area contributed by atoms with Crippen molar-refractivity contribution >= 4 is 0 Å². The van der Waals surface area contributed by atoms with Gasteiger partial charge in [0.25, 0.3) is 0 Å². The molecule has 9 rings (SSSR count). The van der Waals surface area contributed by atoms with E-state index in [-0.39, 0.29) is 7.43 Å². The fourth-order valence-corrected chi connectivity index (χ4v) is 6.84. The van der Waals surface area contributed by atoms with E-state index in [9.17, 15) is 0 Å². The smallest absolute Gasteiger partial charge is 0.164 e. The molecule has 0 aliphatic heterocycles. The highest BCUT2D eigenvalue weighted by Gasteiger charge is 2.19. The molecule has 3 heteroatoms. The van der Waals surface area contributed by atoms with Crippen LogP contribution in [0.1, 0.15) is 18.6 Å². The van der Waals surface area contributed by atoms with Crippen LogP contribution in [0.3, 0.4) is 0 Å². The molecule has 0 saturated carbocycles. The zero-order chi connectivity index (χ0) is 32.6. The highest BCUT2D eigenvalue weighted by atomic mass is 15.0. The number of nitrogens with zero attached hydrogens (tertiary/aromatic N) is 3. The number of benzene rings is 7. The van der Waals surface area contributed by atoms with Crippen molar-refractivity contribution in [2.45, 2.75) is 13.8 Å². The standard InChI is InChI=1S/C46H31N3.CH4/c1-4-12-31(13-5-1)32-20-22-33(23-21-32)38-28-39(36-24-25-43-40(26-36)27-37-18-10-11-19-42(37)43)30-41(29-38)46-48-44(34-14-6-2-7-15-34)47-45(49-46)35-16-8-3-9-17-35;/h1-26,28-30H,27H2;1H4. The van der Waals surface area contributed by atoms with E-state index in [0.717, 1.165) is 39.8 Å². The minimum Gasteiger partial charge on any atom is -0.208 e. The Balaban J connectivity index is 0.00000361. The van der Waals surface area contributed by atoms with Gasteiger partial charge in [-0.1, -0.05) is 165 Å². The van der Waals surface area contributed by atoms with Crippen molar-refractivity contribution in [1.29, 1.82) is 0 Å². The van der Waals surface area contributed by atoms with E-state index in [1.807, 2.05) is 60.7 Å². The highest BCUT2D eigenvalue weighted by Crippen LogP contribution is 2.40. The molecule has 0 atom stereocenters. The van der Waals surface area contributed by atoms with E-state index in [0.29, 0.717) is 17.5 Å². The third kappa shape index (κ3) is 5.91. The van der Waals surface area contributed by atoms with E-state index in [4.69, 9.17) is 15.0 Å². The van der Waals surface area contributed by atoms with Crippen LogP contribution >= 0.6 is 0 Å². The monoisotopic (exact) mass is 641 g/mol. The zero-order valence-corrected chi connectivity index (χ0v) is 26.8. The predicted molar refractivity (Wildman–Crippen MR) is 207 cm³/mol. The molecule has 0 bridgehead atoms. The Labute approximate surface area is 293 Å². The third-order valence-corrected chi connectivity index (χ3v) is 9.34. The Morgan fingerprint density at radius 2 is 0.680 bits per heavy atom. The van der Waals surface area contributed by atoms with Crippen LogP contribution in [0.2, 0.25) is 0 Å². The van der Waals surface area contributed by atoms with Crippen LogP contribution in [0.15, 0.2) is 176 Å². The lowest BCUT2D eigenvalue weighted by molar-refractivity contribution is 1.07. The quantitative estimate of drug-likeness (QED) is 0.181. The second kappa shape index (κ2) is 13.2. The van der Waals surface area contributed by atoms with Gasteiger partial charge in [-0.15, -0.1) is 0 Å². The van der Waals surface area contributed by atoms with E-state index in [1.165, 1.54) is 38.9 Å². The maximum Gasteiger partial charge on any atom is 0.164 e. The summed E-state index contributed by atoms with van der Waals surface area (Å²) in [6.07, 6.45) is 0.946. The lowest BCUT2D eigenvalue weighted by atomic mass is 9.93. The van der Waals surface area contributed by atoms with Gasteiger partial charge in [0.05, 0.1) is 0 Å². The Kier molecular flexibility index (Phi) is 8.16. The summed E-state index contributed by atoms with van der Waals surface area (Å²) in [5.74, 6) is 1.95. The second-order valence-electron chi connectivity index (χ2n) is 12.5. The maximum atomic E-state index is 5.09. The first kappa shape index (κ1) is 30.9. The SMILES string of the molecule is C.c1ccc(-c2ccc(-c3cc(-c4ccc5c(c4)Cc4ccccc4-5)cc(-c4nc(-c5ccccc5)nc(-c5ccccc5)n4)c3)cc2)cc1. The highest BCUT2D eigenvalue weighted by molar-refractivity contribution is 5.84. The van der Waals surface area contributed by atoms with E-state index in [2.05, 4.69) is 115 Å². The summed E-state index contributed by atoms with van der Waals surface area (Å²) in [6.45, 7) is 0. The van der Waals surface area contributed by atoms with Crippen molar-refractivity contribution in [3.05, 3.63) is 187 Å². The van der Waals surface area contributed by atoms with Crippen LogP contribution in [0.5, 0.6) is 0 Å². The van der Waals surface area contributed by atoms with Crippen molar-refractivity contribution in [3.8, 4) is 78.7 Å². The van der Waals surface area contributed by atoms with Gasteiger partial charge in [-0.25, -0.2) is 15.0 Å². The zero-order valence-electron chi connectivity index (χ0n) is 26.8. The lowest BCUT2D eigenvalue weighted by Gasteiger charge is -2.13. The average Bonchev–Trinajstić information content (AvgIpc) is 3.57. The molecule has 0 amide bonds. The Morgan fingerprint density at radius 1 is 0.280 bits per heavy atom. The van der Waals surface area contributed by atoms with Gasteiger partial charge in [0.2, 0.25) is 0 Å². The molecule has 1 heterocycles. The largest absolute Gasteiger partial charge is 0.208 e. The molecule has 0 spiro atoms. The Morgan fingerprint density at radius 3 is 1.28 bits per heavy atom. The molecule has 0 saturated heterocycles. The van der Waals surface area contributed by atoms with E-state index in [1.54, 1.807) is 0 Å². The molecule has 8 aromatic rings. The van der Waals surface area contributed by atoms with Crippen LogP contribution in [-0.4, -0.2) is 15.0 Å².